The number of amides is 2. The Morgan fingerprint density at radius 1 is 0.730 bits per heavy atom. The molecule has 0 atom stereocenters. The molecule has 1 saturated heterocycles. The van der Waals surface area contributed by atoms with E-state index in [1.807, 2.05) is 97.1 Å². The Kier molecular flexibility index (Phi) is 5.49. The molecule has 4 aromatic carbocycles. The Hall–Kier alpha value is -4.84. The Labute approximate surface area is 213 Å². The van der Waals surface area contributed by atoms with Gasteiger partial charge in [-0.05, 0) is 34.9 Å². The molecule has 1 N–H and O–H groups in total. The van der Waals surface area contributed by atoms with Gasteiger partial charge in [0.2, 0.25) is 11.8 Å². The van der Waals surface area contributed by atoms with Gasteiger partial charge in [0, 0.05) is 11.8 Å². The van der Waals surface area contributed by atoms with Crippen LogP contribution in [-0.4, -0.2) is 22.0 Å². The highest BCUT2D eigenvalue weighted by molar-refractivity contribution is 6.26. The number of nitrogens with zero attached hydrogens (tertiary/aromatic N) is 2. The first-order valence-electron chi connectivity index (χ1n) is 12.1. The third kappa shape index (κ3) is 3.74. The van der Waals surface area contributed by atoms with Crippen LogP contribution in [0.3, 0.4) is 0 Å². The van der Waals surface area contributed by atoms with Crippen LogP contribution in [0.15, 0.2) is 114 Å². The van der Waals surface area contributed by atoms with Gasteiger partial charge in [-0.3, -0.25) is 14.4 Å². The van der Waals surface area contributed by atoms with Gasteiger partial charge in [0.1, 0.15) is 5.41 Å². The highest BCUT2D eigenvalue weighted by atomic mass is 16.2. The summed E-state index contributed by atoms with van der Waals surface area (Å²) in [5.41, 5.74) is 2.37. The van der Waals surface area contributed by atoms with Gasteiger partial charge in [0.05, 0.1) is 23.2 Å². The van der Waals surface area contributed by atoms with Crippen LogP contribution in [0.1, 0.15) is 28.8 Å². The van der Waals surface area contributed by atoms with Crippen molar-refractivity contribution in [3.63, 3.8) is 0 Å². The number of aromatic amines is 1. The zero-order chi connectivity index (χ0) is 25.4. The van der Waals surface area contributed by atoms with Crippen molar-refractivity contribution in [3.05, 3.63) is 142 Å². The summed E-state index contributed by atoms with van der Waals surface area (Å²) in [6.07, 6.45) is 0.486. The lowest BCUT2D eigenvalue weighted by Crippen LogP contribution is -2.39. The van der Waals surface area contributed by atoms with Gasteiger partial charge < -0.3 is 0 Å². The molecule has 5 aromatic rings. The lowest BCUT2D eigenvalue weighted by Gasteiger charge is -2.28. The molecular formula is C31H23N3O3. The predicted octanol–water partition coefficient (Wildman–Crippen LogP) is 4.76. The van der Waals surface area contributed by atoms with E-state index >= 15 is 0 Å². The van der Waals surface area contributed by atoms with Crippen molar-refractivity contribution in [2.24, 2.45) is 0 Å². The van der Waals surface area contributed by atoms with Gasteiger partial charge in [-0.25, -0.2) is 10.00 Å². The van der Waals surface area contributed by atoms with Crippen LogP contribution in [-0.2, 0) is 21.4 Å². The van der Waals surface area contributed by atoms with Crippen LogP contribution in [0, 0.1) is 0 Å². The number of hydrogen-bond donors (Lipinski definition) is 1. The smallest absolute Gasteiger partial charge is 0.272 e. The van der Waals surface area contributed by atoms with E-state index in [1.165, 1.54) is 4.90 Å². The quantitative estimate of drug-likeness (QED) is 0.364. The lowest BCUT2D eigenvalue weighted by molar-refractivity contribution is -0.122. The van der Waals surface area contributed by atoms with Gasteiger partial charge in [-0.15, -0.1) is 0 Å². The number of aromatic nitrogens is 2. The normalized spacial score (nSPS) is 14.9. The second-order valence-electron chi connectivity index (χ2n) is 9.24. The number of hydrogen-bond acceptors (Lipinski definition) is 4. The number of imide groups is 1. The van der Waals surface area contributed by atoms with Gasteiger partial charge in [-0.2, -0.15) is 5.10 Å². The summed E-state index contributed by atoms with van der Waals surface area (Å²) < 4.78 is 0. The third-order valence-corrected chi connectivity index (χ3v) is 7.08. The molecule has 6 nitrogen and oxygen atoms in total. The van der Waals surface area contributed by atoms with Gasteiger partial charge in [0.25, 0.3) is 5.56 Å². The van der Waals surface area contributed by atoms with Crippen molar-refractivity contribution in [2.75, 3.05) is 4.90 Å². The minimum atomic E-state index is -1.09. The van der Waals surface area contributed by atoms with E-state index in [0.717, 1.165) is 22.1 Å². The SMILES string of the molecule is O=C1CC(c2ccccc2)(c2ccccc2)C(=O)N1c1cccc(Cc2n[nH]c(=O)c3ccccc23)c1. The molecule has 1 fully saturated rings. The first-order chi connectivity index (χ1) is 18.1. The van der Waals surface area contributed by atoms with E-state index < -0.39 is 5.41 Å². The number of fused-ring (bicyclic) bond motifs is 1. The molecule has 37 heavy (non-hydrogen) atoms. The zero-order valence-corrected chi connectivity index (χ0v) is 19.9. The molecule has 1 aromatic heterocycles. The van der Waals surface area contributed by atoms with Gasteiger partial charge in [0.15, 0.2) is 0 Å². The molecule has 0 radical (unpaired) electrons. The lowest BCUT2D eigenvalue weighted by atomic mass is 9.73. The summed E-state index contributed by atoms with van der Waals surface area (Å²) in [6, 6.07) is 33.7. The van der Waals surface area contributed by atoms with Crippen molar-refractivity contribution in [2.45, 2.75) is 18.3 Å². The number of benzene rings is 4. The summed E-state index contributed by atoms with van der Waals surface area (Å²) in [6.45, 7) is 0. The van der Waals surface area contributed by atoms with Crippen LogP contribution < -0.4 is 10.5 Å². The molecule has 6 rings (SSSR count). The molecule has 0 unspecified atom stereocenters. The van der Waals surface area contributed by atoms with E-state index in [2.05, 4.69) is 10.2 Å². The Morgan fingerprint density at radius 2 is 1.35 bits per heavy atom. The molecule has 0 saturated carbocycles. The molecule has 6 heteroatoms. The van der Waals surface area contributed by atoms with Crippen molar-refractivity contribution >= 4 is 28.3 Å². The second kappa shape index (κ2) is 8.99. The van der Waals surface area contributed by atoms with Crippen LogP contribution in [0.5, 0.6) is 0 Å². The maximum Gasteiger partial charge on any atom is 0.272 e. The summed E-state index contributed by atoms with van der Waals surface area (Å²) in [5.74, 6) is -0.512. The molecule has 1 aliphatic heterocycles. The minimum absolute atomic E-state index is 0.0518. The number of anilines is 1. The van der Waals surface area contributed by atoms with Crippen LogP contribution >= 0.6 is 0 Å². The molecule has 2 amide bonds. The van der Waals surface area contributed by atoms with Crippen molar-refractivity contribution < 1.29 is 9.59 Å². The Morgan fingerprint density at radius 3 is 2.03 bits per heavy atom. The minimum Gasteiger partial charge on any atom is -0.274 e. The number of rotatable bonds is 5. The van der Waals surface area contributed by atoms with Crippen LogP contribution in [0.2, 0.25) is 0 Å². The van der Waals surface area contributed by atoms with E-state index in [0.29, 0.717) is 23.2 Å². The van der Waals surface area contributed by atoms with E-state index in [-0.39, 0.29) is 23.8 Å². The topological polar surface area (TPSA) is 83.1 Å². The Balaban J connectivity index is 1.40. The number of H-pyrrole nitrogens is 1. The molecular weight excluding hydrogens is 462 g/mol. The summed E-state index contributed by atoms with van der Waals surface area (Å²) in [5, 5.41) is 8.19. The van der Waals surface area contributed by atoms with E-state index in [1.54, 1.807) is 12.1 Å². The average Bonchev–Trinajstić information content (AvgIpc) is 3.22. The van der Waals surface area contributed by atoms with E-state index in [4.69, 9.17) is 0 Å². The van der Waals surface area contributed by atoms with Crippen molar-refractivity contribution in [1.29, 1.82) is 0 Å². The molecule has 180 valence electrons. The average molecular weight is 486 g/mol. The van der Waals surface area contributed by atoms with Crippen LogP contribution in [0.4, 0.5) is 5.69 Å². The largest absolute Gasteiger partial charge is 0.274 e. The first-order valence-corrected chi connectivity index (χ1v) is 12.1. The van der Waals surface area contributed by atoms with Crippen molar-refractivity contribution in [3.8, 4) is 0 Å². The first kappa shape index (κ1) is 22.6. The second-order valence-corrected chi connectivity index (χ2v) is 9.24. The Bertz CT molecular complexity index is 1650. The molecule has 0 spiro atoms. The standard InChI is InChI=1S/C31H23N3O3/c35-28-20-31(22-11-3-1-4-12-22,23-13-5-2-6-14-23)30(37)34(28)24-15-9-10-21(18-24)19-27-25-16-7-8-17-26(25)29(36)33-32-27/h1-18H,19-20H2,(H,33,36). The number of carbonyl (C=O) groups is 2. The maximum atomic E-state index is 14.2. The zero-order valence-electron chi connectivity index (χ0n) is 19.9. The predicted molar refractivity (Wildman–Crippen MR) is 142 cm³/mol. The van der Waals surface area contributed by atoms with Gasteiger partial charge in [-0.1, -0.05) is 91.0 Å². The summed E-state index contributed by atoms with van der Waals surface area (Å²) >= 11 is 0. The highest BCUT2D eigenvalue weighted by Gasteiger charge is 2.54. The maximum absolute atomic E-state index is 14.2. The number of nitrogens with one attached hydrogen (secondary N) is 1. The van der Waals surface area contributed by atoms with Crippen molar-refractivity contribution in [1.82, 2.24) is 10.2 Å². The monoisotopic (exact) mass is 485 g/mol. The number of carbonyl (C=O) groups excluding carboxylic acids is 2. The summed E-state index contributed by atoms with van der Waals surface area (Å²) in [4.78, 5) is 41.1. The molecule has 2 heterocycles. The third-order valence-electron chi connectivity index (χ3n) is 7.08. The molecule has 0 aliphatic carbocycles. The molecule has 0 bridgehead atoms. The van der Waals surface area contributed by atoms with Gasteiger partial charge >= 0.3 is 0 Å². The van der Waals surface area contributed by atoms with Crippen LogP contribution in [0.25, 0.3) is 10.8 Å². The fraction of sp³-hybridized carbons (Fsp3) is 0.0968. The molecule has 1 aliphatic rings. The fourth-order valence-electron chi connectivity index (χ4n) is 5.32. The highest BCUT2D eigenvalue weighted by Crippen LogP contribution is 2.44. The summed E-state index contributed by atoms with van der Waals surface area (Å²) in [7, 11) is 0. The fourth-order valence-corrected chi connectivity index (χ4v) is 5.32. The van der Waals surface area contributed by atoms with E-state index in [9.17, 15) is 14.4 Å².